The molecule has 1 radical (unpaired) electrons. The molecule has 0 bridgehead atoms. The standard InChI is InChI=1S/C16H11NO3.C8H7NO3.C8H5NO2.C8H8O2.Ac/c18-15-13(16(19)20)11-8-4-5-9-12(11)17-14(15)10-6-2-1-3-7-10;9-6-4-2-1-3-5(6)7(10)8(11)12;10-7-5-3-1-2-4-6(5)9-8(7)11;9-6-8(10)7-4-2-1-3-5-7;/h1-9,18H,(H,19,20);1-4H,9H2,(H,11,12);1-4H,(H,9,10,11);1-5,9H,6H2;/p-1. The number of aromatic hydroxyl groups is 1. The van der Waals surface area contributed by atoms with Crippen molar-refractivity contribution in [2.24, 2.45) is 0 Å². The number of rotatable bonds is 6. The van der Waals surface area contributed by atoms with Gasteiger partial charge in [-0.05, 0) is 30.3 Å². The largest absolute Gasteiger partial charge is 0.541 e. The van der Waals surface area contributed by atoms with Crippen LogP contribution in [0.25, 0.3) is 22.2 Å². The number of ketones is 3. The first kappa shape index (κ1) is 42.3. The number of aliphatic hydroxyl groups is 1. The van der Waals surface area contributed by atoms with Crippen LogP contribution < -0.4 is 16.2 Å². The zero-order valence-electron chi connectivity index (χ0n) is 28.2. The van der Waals surface area contributed by atoms with Gasteiger partial charge in [-0.2, -0.15) is 0 Å². The first-order valence-corrected chi connectivity index (χ1v) is 15.6. The fourth-order valence-corrected chi connectivity index (χ4v) is 4.84. The van der Waals surface area contributed by atoms with Gasteiger partial charge in [-0.15, -0.1) is 0 Å². The zero-order chi connectivity index (χ0) is 38.5. The van der Waals surface area contributed by atoms with E-state index >= 15 is 0 Å². The van der Waals surface area contributed by atoms with Crippen LogP contribution >= 0.6 is 0 Å². The number of para-hydroxylation sites is 3. The average molecular weight is 940 g/mol. The summed E-state index contributed by atoms with van der Waals surface area (Å²) in [6, 6.07) is 37.4. The number of carbonyl (C=O) groups is 6. The maximum absolute atomic E-state index is 11.4. The summed E-state index contributed by atoms with van der Waals surface area (Å²) < 4.78 is 0. The number of nitrogens with zero attached hydrogens (tertiary/aromatic N) is 1. The fraction of sp³-hybridized carbons (Fsp3) is 0.0250. The van der Waals surface area contributed by atoms with Gasteiger partial charge in [0.1, 0.15) is 23.8 Å². The Labute approximate surface area is 343 Å². The van der Waals surface area contributed by atoms with Crippen molar-refractivity contribution in [2.75, 3.05) is 17.7 Å². The molecular formula is C40H30AcN3O10-. The van der Waals surface area contributed by atoms with Gasteiger partial charge in [0.2, 0.25) is 5.78 Å². The van der Waals surface area contributed by atoms with Gasteiger partial charge in [0.15, 0.2) is 11.5 Å². The van der Waals surface area contributed by atoms with Crippen LogP contribution in [0.5, 0.6) is 5.75 Å². The summed E-state index contributed by atoms with van der Waals surface area (Å²) in [5.41, 5.74) is 8.49. The summed E-state index contributed by atoms with van der Waals surface area (Å²) in [4.78, 5) is 69.3. The first-order chi connectivity index (χ1) is 25.4. The van der Waals surface area contributed by atoms with E-state index in [1.165, 1.54) is 18.2 Å². The second kappa shape index (κ2) is 20.2. The number of aromatic carboxylic acids is 1. The monoisotopic (exact) mass is 939 g/mol. The molecule has 7 rings (SSSR count). The number of anilines is 2. The average Bonchev–Trinajstić information content (AvgIpc) is 3.47. The minimum atomic E-state index is -1.74. The molecule has 1 aliphatic rings. The van der Waals surface area contributed by atoms with E-state index in [2.05, 4.69) is 10.3 Å². The number of aliphatic hydroxyl groups excluding tert-OH is 1. The second-order valence-electron chi connectivity index (χ2n) is 10.9. The number of aliphatic carboxylic acids is 1. The van der Waals surface area contributed by atoms with E-state index in [4.69, 9.17) is 10.8 Å². The van der Waals surface area contributed by atoms with E-state index in [0.717, 1.165) is 0 Å². The van der Waals surface area contributed by atoms with Crippen molar-refractivity contribution in [1.29, 1.82) is 0 Å². The third-order valence-corrected chi connectivity index (χ3v) is 7.38. The number of carboxylic acids is 2. The Morgan fingerprint density at radius 1 is 0.741 bits per heavy atom. The van der Waals surface area contributed by atoms with E-state index in [1.54, 1.807) is 91.0 Å². The molecule has 0 spiro atoms. The van der Waals surface area contributed by atoms with Crippen molar-refractivity contribution < 1.29 is 93.3 Å². The third kappa shape index (κ3) is 10.7. The van der Waals surface area contributed by atoms with Crippen LogP contribution in [0.1, 0.15) is 41.4 Å². The van der Waals surface area contributed by atoms with Crippen LogP contribution in [-0.4, -0.2) is 62.1 Å². The SMILES string of the molecule is Nc1ccccc1C(=O)C(=O)[O-].O=C(CO)c1ccccc1.O=C(O)c1c(O)c(-c2ccccc2)nc2ccccc12.O=C1Nc2ccccc2C1=O.[Ac]. The summed E-state index contributed by atoms with van der Waals surface area (Å²) in [5.74, 6) is -5.52. The van der Waals surface area contributed by atoms with E-state index in [0.29, 0.717) is 33.3 Å². The van der Waals surface area contributed by atoms with Gasteiger partial charge in [-0.1, -0.05) is 103 Å². The number of Topliss-reactive ketones (excluding diaryl/α,β-unsaturated/α-hetero) is 3. The number of hydrogen-bond acceptors (Lipinski definition) is 11. The Balaban J connectivity index is 0.000000201. The molecule has 1 aromatic heterocycles. The fourth-order valence-electron chi connectivity index (χ4n) is 4.84. The van der Waals surface area contributed by atoms with Gasteiger partial charge in [0.05, 0.1) is 16.8 Å². The van der Waals surface area contributed by atoms with E-state index < -0.39 is 36.0 Å². The minimum Gasteiger partial charge on any atom is -0.541 e. The van der Waals surface area contributed by atoms with Crippen molar-refractivity contribution in [3.63, 3.8) is 0 Å². The molecule has 0 unspecified atom stereocenters. The molecule has 1 amide bonds. The number of carbonyl (C=O) groups excluding carboxylic acids is 5. The van der Waals surface area contributed by atoms with Gasteiger partial charge in [0.25, 0.3) is 11.7 Å². The Kier molecular flexibility index (Phi) is 15.9. The normalized spacial score (nSPS) is 10.7. The molecule has 6 aromatic rings. The summed E-state index contributed by atoms with van der Waals surface area (Å²) in [7, 11) is 0. The second-order valence-corrected chi connectivity index (χ2v) is 10.9. The number of fused-ring (bicyclic) bond motifs is 2. The zero-order valence-corrected chi connectivity index (χ0v) is 33.0. The molecule has 5 aromatic carbocycles. The molecule has 54 heavy (non-hydrogen) atoms. The number of nitrogens with two attached hydrogens (primary N) is 1. The summed E-state index contributed by atoms with van der Waals surface area (Å²) >= 11 is 0. The summed E-state index contributed by atoms with van der Waals surface area (Å²) in [6.45, 7) is -0.413. The number of aromatic nitrogens is 1. The van der Waals surface area contributed by atoms with Crippen molar-refractivity contribution in [3.8, 4) is 17.0 Å². The molecule has 6 N–H and O–H groups in total. The summed E-state index contributed by atoms with van der Waals surface area (Å²) in [6.07, 6.45) is 0. The third-order valence-electron chi connectivity index (χ3n) is 7.38. The van der Waals surface area contributed by atoms with Crippen LogP contribution in [0, 0.1) is 44.1 Å². The molecule has 1 aliphatic heterocycles. The van der Waals surface area contributed by atoms with Crippen LogP contribution in [0.3, 0.4) is 0 Å². The van der Waals surface area contributed by atoms with Gasteiger partial charge < -0.3 is 36.3 Å². The van der Waals surface area contributed by atoms with Crippen molar-refractivity contribution in [2.45, 2.75) is 0 Å². The number of hydrogen-bond donors (Lipinski definition) is 5. The molecule has 2 heterocycles. The topological polar surface area (TPSA) is 237 Å². The molecule has 269 valence electrons. The number of carboxylic acid groups (broad SMARTS) is 2. The number of nitrogen functional groups attached to an aromatic ring is 1. The van der Waals surface area contributed by atoms with E-state index in [-0.39, 0.29) is 78.1 Å². The number of amides is 1. The van der Waals surface area contributed by atoms with Crippen LogP contribution in [0.15, 0.2) is 133 Å². The maximum Gasteiger partial charge on any atom is 0.340 e. The van der Waals surface area contributed by atoms with Crippen molar-refractivity contribution in [3.05, 3.63) is 156 Å². The number of benzene rings is 5. The maximum atomic E-state index is 11.4. The summed E-state index contributed by atoms with van der Waals surface area (Å²) in [5, 5.41) is 41.1. The predicted octanol–water partition coefficient (Wildman–Crippen LogP) is 4.19. The van der Waals surface area contributed by atoms with E-state index in [9.17, 15) is 44.1 Å². The van der Waals surface area contributed by atoms with Gasteiger partial charge in [-0.25, -0.2) is 9.78 Å². The molecular weight excluding hydrogens is 909 g/mol. The van der Waals surface area contributed by atoms with Crippen LogP contribution in [-0.2, 0) is 9.59 Å². The Morgan fingerprint density at radius 3 is 1.89 bits per heavy atom. The van der Waals surface area contributed by atoms with Crippen molar-refractivity contribution in [1.82, 2.24) is 4.98 Å². The molecule has 13 nitrogen and oxygen atoms in total. The number of pyridine rings is 1. The smallest absolute Gasteiger partial charge is 0.340 e. The minimum absolute atomic E-state index is 0. The Morgan fingerprint density at radius 2 is 1.30 bits per heavy atom. The van der Waals surface area contributed by atoms with Crippen molar-refractivity contribution >= 4 is 57.5 Å². The molecule has 0 atom stereocenters. The predicted molar refractivity (Wildman–Crippen MR) is 193 cm³/mol. The molecule has 0 fully saturated rings. The van der Waals surface area contributed by atoms with E-state index in [1.807, 2.05) is 24.3 Å². The Hall–Kier alpha value is -6.07. The van der Waals surface area contributed by atoms with Gasteiger partial charge in [-0.3, -0.25) is 19.2 Å². The Bertz CT molecular complexity index is 2320. The molecule has 0 saturated heterocycles. The molecule has 14 heteroatoms. The van der Waals surface area contributed by atoms with Gasteiger partial charge >= 0.3 is 5.97 Å². The van der Waals surface area contributed by atoms with Gasteiger partial charge in [0, 0.05) is 71.8 Å². The van der Waals surface area contributed by atoms with Crippen LogP contribution in [0.2, 0.25) is 0 Å². The molecule has 0 aliphatic carbocycles. The number of nitrogens with one attached hydrogen (secondary N) is 1. The molecule has 0 saturated carbocycles. The van der Waals surface area contributed by atoms with Crippen LogP contribution in [0.4, 0.5) is 11.4 Å². The first-order valence-electron chi connectivity index (χ1n) is 15.6. The quantitative estimate of drug-likeness (QED) is 0.0899.